The van der Waals surface area contributed by atoms with E-state index < -0.39 is 0 Å². The number of halogens is 2. The van der Waals surface area contributed by atoms with Crippen molar-refractivity contribution in [3.8, 4) is 5.75 Å². The molecule has 1 unspecified atom stereocenters. The summed E-state index contributed by atoms with van der Waals surface area (Å²) < 4.78 is 19.5. The van der Waals surface area contributed by atoms with Gasteiger partial charge in [-0.05, 0) is 46.4 Å². The van der Waals surface area contributed by atoms with Gasteiger partial charge in [0.05, 0.1) is 17.6 Å². The van der Waals surface area contributed by atoms with Gasteiger partial charge in [-0.2, -0.15) is 0 Å². The lowest BCUT2D eigenvalue weighted by molar-refractivity contribution is 0.400. The standard InChI is InChI=1S/C15H17BrFNOS/c1-3-6-18-15(14-5-4-7-20-14)10-8-11(16)12(17)9-13(10)19-2/h4-5,7-9,15,18H,3,6H2,1-2H3. The maximum absolute atomic E-state index is 13.7. The molecule has 0 bridgehead atoms. The highest BCUT2D eigenvalue weighted by Crippen LogP contribution is 2.35. The predicted molar refractivity (Wildman–Crippen MR) is 85.1 cm³/mol. The van der Waals surface area contributed by atoms with Crippen LogP contribution in [0, 0.1) is 5.82 Å². The molecule has 5 heteroatoms. The van der Waals surface area contributed by atoms with Crippen LogP contribution in [-0.4, -0.2) is 13.7 Å². The van der Waals surface area contributed by atoms with Gasteiger partial charge in [-0.3, -0.25) is 0 Å². The van der Waals surface area contributed by atoms with E-state index in [1.165, 1.54) is 10.9 Å². The van der Waals surface area contributed by atoms with Crippen molar-refractivity contribution < 1.29 is 9.13 Å². The minimum absolute atomic E-state index is 0.0156. The Hall–Kier alpha value is -0.910. The quantitative estimate of drug-likeness (QED) is 0.805. The summed E-state index contributed by atoms with van der Waals surface area (Å²) in [5, 5.41) is 5.54. The van der Waals surface area contributed by atoms with Crippen LogP contribution < -0.4 is 10.1 Å². The molecule has 1 atom stereocenters. The van der Waals surface area contributed by atoms with Crippen LogP contribution in [0.2, 0.25) is 0 Å². The molecule has 1 N–H and O–H groups in total. The monoisotopic (exact) mass is 357 g/mol. The molecule has 0 aliphatic carbocycles. The molecule has 2 nitrogen and oxygen atoms in total. The Morgan fingerprint density at radius 2 is 2.25 bits per heavy atom. The third-order valence-corrected chi connectivity index (χ3v) is 4.55. The fraction of sp³-hybridized carbons (Fsp3) is 0.333. The second-order valence-corrected chi connectivity index (χ2v) is 6.24. The first-order chi connectivity index (χ1) is 9.67. The molecule has 0 saturated heterocycles. The van der Waals surface area contributed by atoms with Crippen LogP contribution in [0.25, 0.3) is 0 Å². The number of methoxy groups -OCH3 is 1. The highest BCUT2D eigenvalue weighted by atomic mass is 79.9. The van der Waals surface area contributed by atoms with Gasteiger partial charge in [-0.15, -0.1) is 11.3 Å². The zero-order valence-corrected chi connectivity index (χ0v) is 13.9. The molecule has 0 radical (unpaired) electrons. The van der Waals surface area contributed by atoms with Crippen LogP contribution in [0.5, 0.6) is 5.75 Å². The molecule has 0 saturated carbocycles. The van der Waals surface area contributed by atoms with Crippen molar-refractivity contribution >= 4 is 27.3 Å². The van der Waals surface area contributed by atoms with E-state index in [0.717, 1.165) is 18.5 Å². The molecule has 0 aliphatic heterocycles. The molecule has 2 rings (SSSR count). The summed E-state index contributed by atoms with van der Waals surface area (Å²) in [6, 6.07) is 7.33. The molecule has 20 heavy (non-hydrogen) atoms. The van der Waals surface area contributed by atoms with Crippen molar-refractivity contribution in [1.82, 2.24) is 5.32 Å². The van der Waals surface area contributed by atoms with Gasteiger partial charge in [-0.1, -0.05) is 13.0 Å². The van der Waals surface area contributed by atoms with Gasteiger partial charge >= 0.3 is 0 Å². The summed E-state index contributed by atoms with van der Waals surface area (Å²) in [7, 11) is 1.57. The largest absolute Gasteiger partial charge is 0.496 e. The maximum atomic E-state index is 13.7. The van der Waals surface area contributed by atoms with Crippen LogP contribution in [0.1, 0.15) is 29.8 Å². The number of nitrogens with one attached hydrogen (secondary N) is 1. The number of hydrogen-bond donors (Lipinski definition) is 1. The molecule has 0 spiro atoms. The van der Waals surface area contributed by atoms with E-state index in [-0.39, 0.29) is 11.9 Å². The predicted octanol–water partition coefficient (Wildman–Crippen LogP) is 4.75. The highest BCUT2D eigenvalue weighted by Gasteiger charge is 2.20. The van der Waals surface area contributed by atoms with Crippen molar-refractivity contribution in [2.45, 2.75) is 19.4 Å². The van der Waals surface area contributed by atoms with Gasteiger partial charge in [0.2, 0.25) is 0 Å². The first kappa shape index (κ1) is 15.5. The van der Waals surface area contributed by atoms with Crippen molar-refractivity contribution in [3.63, 3.8) is 0 Å². The van der Waals surface area contributed by atoms with E-state index in [0.29, 0.717) is 10.2 Å². The van der Waals surface area contributed by atoms with Crippen molar-refractivity contribution in [3.05, 3.63) is 50.4 Å². The Labute approximate surface area is 131 Å². The number of rotatable bonds is 6. The normalized spacial score (nSPS) is 12.4. The summed E-state index contributed by atoms with van der Waals surface area (Å²) in [6.07, 6.45) is 1.03. The van der Waals surface area contributed by atoms with E-state index in [9.17, 15) is 4.39 Å². The zero-order chi connectivity index (χ0) is 14.5. The van der Waals surface area contributed by atoms with Crippen LogP contribution in [0.3, 0.4) is 0 Å². The molecule has 2 aromatic rings. The van der Waals surface area contributed by atoms with Gasteiger partial charge < -0.3 is 10.1 Å². The first-order valence-electron chi connectivity index (χ1n) is 6.47. The molecule has 0 amide bonds. The number of ether oxygens (including phenoxy) is 1. The van der Waals surface area contributed by atoms with E-state index >= 15 is 0 Å². The lowest BCUT2D eigenvalue weighted by Gasteiger charge is -2.21. The number of benzene rings is 1. The van der Waals surface area contributed by atoms with Crippen molar-refractivity contribution in [1.29, 1.82) is 0 Å². The molecule has 1 aromatic heterocycles. The maximum Gasteiger partial charge on any atom is 0.141 e. The third-order valence-electron chi connectivity index (χ3n) is 3.01. The molecular formula is C15H17BrFNOS. The van der Waals surface area contributed by atoms with Gasteiger partial charge in [-0.25, -0.2) is 4.39 Å². The number of thiophene rings is 1. The minimum atomic E-state index is -0.314. The van der Waals surface area contributed by atoms with Crippen LogP contribution in [0.15, 0.2) is 34.1 Å². The topological polar surface area (TPSA) is 21.3 Å². The average Bonchev–Trinajstić information content (AvgIpc) is 2.96. The molecule has 108 valence electrons. The molecular weight excluding hydrogens is 341 g/mol. The smallest absolute Gasteiger partial charge is 0.141 e. The average molecular weight is 358 g/mol. The molecule has 1 aromatic carbocycles. The Morgan fingerprint density at radius 1 is 1.45 bits per heavy atom. The van der Waals surface area contributed by atoms with Crippen LogP contribution in [0.4, 0.5) is 4.39 Å². The summed E-state index contributed by atoms with van der Waals surface area (Å²) in [6.45, 7) is 3.01. The Balaban J connectivity index is 2.45. The van der Waals surface area contributed by atoms with Crippen molar-refractivity contribution in [2.24, 2.45) is 0 Å². The van der Waals surface area contributed by atoms with Crippen molar-refractivity contribution in [2.75, 3.05) is 13.7 Å². The Bertz CT molecular complexity index is 559. The van der Waals surface area contributed by atoms with Gasteiger partial charge in [0, 0.05) is 16.5 Å². The summed E-state index contributed by atoms with van der Waals surface area (Å²) in [5.41, 5.74) is 0.941. The second kappa shape index (κ2) is 7.20. The van der Waals surface area contributed by atoms with E-state index in [1.807, 2.05) is 11.4 Å². The Kier molecular flexibility index (Phi) is 5.57. The fourth-order valence-electron chi connectivity index (χ4n) is 2.05. The summed E-state index contributed by atoms with van der Waals surface area (Å²) in [4.78, 5) is 1.19. The third kappa shape index (κ3) is 3.40. The zero-order valence-electron chi connectivity index (χ0n) is 11.5. The highest BCUT2D eigenvalue weighted by molar-refractivity contribution is 9.10. The van der Waals surface area contributed by atoms with Crippen LogP contribution >= 0.6 is 27.3 Å². The van der Waals surface area contributed by atoms with Gasteiger partial charge in [0.1, 0.15) is 11.6 Å². The molecule has 0 fully saturated rings. The molecule has 0 aliphatic rings. The summed E-state index contributed by atoms with van der Waals surface area (Å²) in [5.74, 6) is 0.249. The van der Waals surface area contributed by atoms with Gasteiger partial charge in [0.15, 0.2) is 0 Å². The minimum Gasteiger partial charge on any atom is -0.496 e. The first-order valence-corrected chi connectivity index (χ1v) is 8.14. The fourth-order valence-corrected chi connectivity index (χ4v) is 3.23. The van der Waals surface area contributed by atoms with Crippen LogP contribution in [-0.2, 0) is 0 Å². The van der Waals surface area contributed by atoms with E-state index in [1.54, 1.807) is 24.5 Å². The molecule has 1 heterocycles. The summed E-state index contributed by atoms with van der Waals surface area (Å²) >= 11 is 4.93. The second-order valence-electron chi connectivity index (χ2n) is 4.41. The SMILES string of the molecule is CCCNC(c1cccs1)c1cc(Br)c(F)cc1OC. The Morgan fingerprint density at radius 3 is 2.85 bits per heavy atom. The lowest BCUT2D eigenvalue weighted by atomic mass is 10.0. The number of hydrogen-bond acceptors (Lipinski definition) is 3. The lowest BCUT2D eigenvalue weighted by Crippen LogP contribution is -2.23. The van der Waals surface area contributed by atoms with Gasteiger partial charge in [0.25, 0.3) is 0 Å². The van der Waals surface area contributed by atoms with E-state index in [2.05, 4.69) is 34.2 Å². The van der Waals surface area contributed by atoms with E-state index in [4.69, 9.17) is 4.74 Å².